The van der Waals surface area contributed by atoms with Crippen molar-refractivity contribution >= 4 is 35.1 Å². The lowest BCUT2D eigenvalue weighted by molar-refractivity contribution is -0.143. The Kier molecular flexibility index (Phi) is 12.2. The highest BCUT2D eigenvalue weighted by molar-refractivity contribution is 5.95. The van der Waals surface area contributed by atoms with Crippen LogP contribution < -0.4 is 11.1 Å². The summed E-state index contributed by atoms with van der Waals surface area (Å²) in [5, 5.41) is 11.5. The lowest BCUT2D eigenvalue weighted by atomic mass is 9.92. The second-order valence-electron chi connectivity index (χ2n) is 10.1. The minimum atomic E-state index is -1.07. The van der Waals surface area contributed by atoms with Crippen molar-refractivity contribution in [1.29, 1.82) is 0 Å². The van der Waals surface area contributed by atoms with Crippen molar-refractivity contribution in [2.45, 2.75) is 97.7 Å². The van der Waals surface area contributed by atoms with Crippen LogP contribution in [0.5, 0.6) is 0 Å². The van der Waals surface area contributed by atoms with Crippen LogP contribution in [0.4, 0.5) is 0 Å². The van der Waals surface area contributed by atoms with Gasteiger partial charge < -0.3 is 21.1 Å². The van der Waals surface area contributed by atoms with Crippen LogP contribution in [-0.4, -0.2) is 69.8 Å². The van der Waals surface area contributed by atoms with Crippen LogP contribution >= 0.6 is 0 Å². The number of hydrogen-bond donors (Lipinski definition) is 3. The molecule has 1 rings (SSSR count). The molecule has 2 amide bonds. The Morgan fingerprint density at radius 2 is 1.54 bits per heavy atom. The Labute approximate surface area is 207 Å². The van der Waals surface area contributed by atoms with Gasteiger partial charge in [-0.3, -0.25) is 28.8 Å². The van der Waals surface area contributed by atoms with Crippen LogP contribution in [-0.2, 0) is 28.8 Å². The highest BCUT2D eigenvalue weighted by Gasteiger charge is 2.37. The predicted octanol–water partition coefficient (Wildman–Crippen LogP) is 1.48. The summed E-state index contributed by atoms with van der Waals surface area (Å²) in [4.78, 5) is 75.1. The van der Waals surface area contributed by atoms with Crippen LogP contribution in [0.15, 0.2) is 0 Å². The molecule has 198 valence electrons. The number of nitrogens with one attached hydrogen (secondary N) is 1. The lowest BCUT2D eigenvalue weighted by Crippen LogP contribution is -2.47. The number of nitrogens with zero attached hydrogens (tertiary/aromatic N) is 1. The topological polar surface area (TPSA) is 164 Å². The normalized spacial score (nSPS) is 18.3. The average Bonchev–Trinajstić information content (AvgIpc) is 3.27. The number of aliphatic carboxylic acids is 1. The van der Waals surface area contributed by atoms with Gasteiger partial charge in [-0.05, 0) is 24.7 Å². The van der Waals surface area contributed by atoms with Gasteiger partial charge in [-0.25, -0.2) is 0 Å². The molecule has 10 nitrogen and oxygen atoms in total. The molecule has 1 aliphatic rings. The number of carbonyl (C=O) groups is 6. The van der Waals surface area contributed by atoms with Crippen molar-refractivity contribution in [2.75, 3.05) is 6.54 Å². The van der Waals surface area contributed by atoms with Gasteiger partial charge in [-0.1, -0.05) is 34.6 Å². The monoisotopic (exact) mass is 495 g/mol. The number of carbonyl (C=O) groups excluding carboxylic acids is 5. The Hall–Kier alpha value is -2.62. The summed E-state index contributed by atoms with van der Waals surface area (Å²) >= 11 is 0. The van der Waals surface area contributed by atoms with E-state index < -0.39 is 35.9 Å². The molecular weight excluding hydrogens is 454 g/mol. The van der Waals surface area contributed by atoms with Crippen LogP contribution in [0.2, 0.25) is 0 Å². The van der Waals surface area contributed by atoms with Gasteiger partial charge in [-0.15, -0.1) is 0 Å². The van der Waals surface area contributed by atoms with Crippen LogP contribution in [0.1, 0.15) is 79.6 Å². The molecule has 0 aromatic heterocycles. The predicted molar refractivity (Wildman–Crippen MR) is 129 cm³/mol. The lowest BCUT2D eigenvalue weighted by Gasteiger charge is -2.28. The molecule has 35 heavy (non-hydrogen) atoms. The molecule has 1 saturated heterocycles. The summed E-state index contributed by atoms with van der Waals surface area (Å²) in [6, 6.07) is -2.10. The second-order valence-corrected chi connectivity index (χ2v) is 10.1. The van der Waals surface area contributed by atoms with Crippen molar-refractivity contribution in [3.63, 3.8) is 0 Å². The van der Waals surface area contributed by atoms with Crippen LogP contribution in [0, 0.1) is 17.8 Å². The maximum absolute atomic E-state index is 13.0. The zero-order valence-electron chi connectivity index (χ0n) is 21.5. The molecule has 4 atom stereocenters. The van der Waals surface area contributed by atoms with Crippen molar-refractivity contribution < 1.29 is 33.9 Å². The van der Waals surface area contributed by atoms with E-state index in [0.717, 1.165) is 0 Å². The van der Waals surface area contributed by atoms with Gasteiger partial charge in [0.25, 0.3) is 0 Å². The SMILES string of the molecule is CC(C)[C@H](N)C(=O)CCC(=O)N[C@H](C(=O)C[C@@H](C)C(=O)N1CCC[C@H]1C(=O)CCC(=O)O)C(C)C. The molecule has 0 spiro atoms. The first-order chi connectivity index (χ1) is 16.3. The molecule has 0 aliphatic carbocycles. The van der Waals surface area contributed by atoms with Crippen molar-refractivity contribution in [3.05, 3.63) is 0 Å². The minimum Gasteiger partial charge on any atom is -0.481 e. The third kappa shape index (κ3) is 9.51. The number of amides is 2. The molecule has 0 bridgehead atoms. The largest absolute Gasteiger partial charge is 0.481 e. The molecule has 4 N–H and O–H groups in total. The quantitative estimate of drug-likeness (QED) is 0.307. The summed E-state index contributed by atoms with van der Waals surface area (Å²) in [5.74, 6) is -3.56. The van der Waals surface area contributed by atoms with E-state index in [1.54, 1.807) is 20.8 Å². The molecule has 0 aromatic rings. The molecule has 1 fully saturated rings. The van der Waals surface area contributed by atoms with Crippen LogP contribution in [0.25, 0.3) is 0 Å². The number of ketones is 3. The van der Waals surface area contributed by atoms with E-state index in [9.17, 15) is 28.8 Å². The van der Waals surface area contributed by atoms with Gasteiger partial charge in [0.15, 0.2) is 11.6 Å². The number of Topliss-reactive ketones (excluding diaryl/α,β-unsaturated/α-hetero) is 3. The van der Waals surface area contributed by atoms with E-state index >= 15 is 0 Å². The van der Waals surface area contributed by atoms with Gasteiger partial charge in [0.2, 0.25) is 11.8 Å². The van der Waals surface area contributed by atoms with Crippen LogP contribution in [0.3, 0.4) is 0 Å². The zero-order valence-corrected chi connectivity index (χ0v) is 21.5. The number of likely N-dealkylation sites (tertiary alicyclic amines) is 1. The summed E-state index contributed by atoms with van der Waals surface area (Å²) in [6.07, 6.45) is 0.517. The molecule has 0 aromatic carbocycles. The van der Waals surface area contributed by atoms with E-state index in [2.05, 4.69) is 5.32 Å². The van der Waals surface area contributed by atoms with Crippen molar-refractivity contribution in [1.82, 2.24) is 10.2 Å². The standard InChI is InChI=1S/C25H41N3O7/c1-14(2)23(26)19(30)8-10-21(32)27-24(15(3)4)20(31)13-16(5)25(35)28-12-6-7-17(28)18(29)9-11-22(33)34/h14-17,23-24H,6-13,26H2,1-5H3,(H,27,32)(H,33,34)/t16-,17+,23+,24+/m1/s1. The maximum atomic E-state index is 13.0. The molecule has 0 radical (unpaired) electrons. The molecular formula is C25H41N3O7. The Morgan fingerprint density at radius 1 is 0.914 bits per heavy atom. The van der Waals surface area contributed by atoms with Gasteiger partial charge in [0, 0.05) is 38.1 Å². The summed E-state index contributed by atoms with van der Waals surface area (Å²) in [7, 11) is 0. The second kappa shape index (κ2) is 14.1. The highest BCUT2D eigenvalue weighted by atomic mass is 16.4. The van der Waals surface area contributed by atoms with E-state index in [4.69, 9.17) is 10.8 Å². The maximum Gasteiger partial charge on any atom is 0.303 e. The summed E-state index contributed by atoms with van der Waals surface area (Å²) in [5.41, 5.74) is 5.82. The fraction of sp³-hybridized carbons (Fsp3) is 0.760. The van der Waals surface area contributed by atoms with E-state index in [1.807, 2.05) is 13.8 Å². The molecule has 1 heterocycles. The van der Waals surface area contributed by atoms with Gasteiger partial charge in [-0.2, -0.15) is 0 Å². The highest BCUT2D eigenvalue weighted by Crippen LogP contribution is 2.24. The van der Waals surface area contributed by atoms with Crippen molar-refractivity contribution in [2.24, 2.45) is 23.5 Å². The van der Waals surface area contributed by atoms with Crippen molar-refractivity contribution in [3.8, 4) is 0 Å². The summed E-state index contributed by atoms with van der Waals surface area (Å²) < 4.78 is 0. The summed E-state index contributed by atoms with van der Waals surface area (Å²) in [6.45, 7) is 9.23. The van der Waals surface area contributed by atoms with E-state index in [-0.39, 0.29) is 67.2 Å². The van der Waals surface area contributed by atoms with Gasteiger partial charge in [0.1, 0.15) is 5.78 Å². The number of rotatable bonds is 15. The molecule has 10 heteroatoms. The van der Waals surface area contributed by atoms with Gasteiger partial charge >= 0.3 is 5.97 Å². The first-order valence-corrected chi connectivity index (χ1v) is 12.4. The molecule has 0 saturated carbocycles. The first kappa shape index (κ1) is 30.4. The molecule has 0 unspecified atom stereocenters. The smallest absolute Gasteiger partial charge is 0.303 e. The Bertz CT molecular complexity index is 809. The number of hydrogen-bond acceptors (Lipinski definition) is 7. The van der Waals surface area contributed by atoms with E-state index in [0.29, 0.717) is 19.4 Å². The third-order valence-corrected chi connectivity index (χ3v) is 6.44. The Morgan fingerprint density at radius 3 is 2.09 bits per heavy atom. The average molecular weight is 496 g/mol. The molecule has 1 aliphatic heterocycles. The fourth-order valence-corrected chi connectivity index (χ4v) is 4.20. The Balaban J connectivity index is 2.70. The van der Waals surface area contributed by atoms with Gasteiger partial charge in [0.05, 0.1) is 24.5 Å². The minimum absolute atomic E-state index is 0.00860. The first-order valence-electron chi connectivity index (χ1n) is 12.4. The third-order valence-electron chi connectivity index (χ3n) is 6.44. The zero-order chi connectivity index (χ0) is 26.9. The van der Waals surface area contributed by atoms with E-state index in [1.165, 1.54) is 4.90 Å². The number of nitrogens with two attached hydrogens (primary N) is 1. The number of carboxylic acid groups (broad SMARTS) is 1. The fourth-order valence-electron chi connectivity index (χ4n) is 4.20. The number of carboxylic acids is 1.